The molecule has 0 atom stereocenters. The van der Waals surface area contributed by atoms with Gasteiger partial charge in [0, 0.05) is 37.9 Å². The van der Waals surface area contributed by atoms with Crippen molar-refractivity contribution < 1.29 is 0 Å². The van der Waals surface area contributed by atoms with E-state index in [-0.39, 0.29) is 29.5 Å². The minimum atomic E-state index is 0. The first-order valence-corrected chi connectivity index (χ1v) is 9.60. The fourth-order valence-electron chi connectivity index (χ4n) is 3.22. The van der Waals surface area contributed by atoms with Crippen LogP contribution in [0.5, 0.6) is 0 Å². The molecule has 1 fully saturated rings. The maximum atomic E-state index is 4.35. The summed E-state index contributed by atoms with van der Waals surface area (Å²) >= 11 is 0. The van der Waals surface area contributed by atoms with Gasteiger partial charge in [0.1, 0.15) is 0 Å². The van der Waals surface area contributed by atoms with Crippen LogP contribution in [0.1, 0.15) is 39.5 Å². The summed E-state index contributed by atoms with van der Waals surface area (Å²) in [5.74, 6) is 0.893. The molecule has 26 heavy (non-hydrogen) atoms. The van der Waals surface area contributed by atoms with E-state index < -0.39 is 0 Å². The molecule has 1 aliphatic heterocycles. The molecular formula is C20H36IN5. The number of benzene rings is 1. The number of guanidine groups is 1. The Morgan fingerprint density at radius 3 is 2.38 bits per heavy atom. The monoisotopic (exact) mass is 473 g/mol. The molecule has 3 N–H and O–H groups in total. The first kappa shape index (κ1) is 23.0. The summed E-state index contributed by atoms with van der Waals surface area (Å²) in [4.78, 5) is 6.95. The second-order valence-electron chi connectivity index (χ2n) is 7.36. The van der Waals surface area contributed by atoms with Crippen LogP contribution in [0.2, 0.25) is 0 Å². The molecule has 1 aromatic rings. The van der Waals surface area contributed by atoms with E-state index in [1.54, 1.807) is 0 Å². The van der Waals surface area contributed by atoms with E-state index in [0.29, 0.717) is 0 Å². The maximum absolute atomic E-state index is 4.35. The van der Waals surface area contributed by atoms with Crippen LogP contribution in [0.15, 0.2) is 35.3 Å². The lowest BCUT2D eigenvalue weighted by Crippen LogP contribution is -2.54. The van der Waals surface area contributed by atoms with E-state index >= 15 is 0 Å². The zero-order valence-electron chi connectivity index (χ0n) is 16.6. The van der Waals surface area contributed by atoms with Crippen molar-refractivity contribution in [1.82, 2.24) is 15.5 Å². The average molecular weight is 473 g/mol. The smallest absolute Gasteiger partial charge is 0.191 e. The number of para-hydroxylation sites is 1. The van der Waals surface area contributed by atoms with E-state index in [1.165, 1.54) is 38.0 Å². The molecule has 0 unspecified atom stereocenters. The van der Waals surface area contributed by atoms with Gasteiger partial charge in [-0.2, -0.15) is 0 Å². The van der Waals surface area contributed by atoms with E-state index in [1.807, 2.05) is 13.1 Å². The Labute approximate surface area is 176 Å². The highest BCUT2D eigenvalue weighted by Gasteiger charge is 2.27. The third-order valence-corrected chi connectivity index (χ3v) is 4.87. The Morgan fingerprint density at radius 2 is 1.73 bits per heavy atom. The predicted molar refractivity (Wildman–Crippen MR) is 124 cm³/mol. The Kier molecular flexibility index (Phi) is 11.0. The third kappa shape index (κ3) is 8.12. The Hall–Kier alpha value is -1.02. The fraction of sp³-hybridized carbons (Fsp3) is 0.650. The van der Waals surface area contributed by atoms with Crippen molar-refractivity contribution in [2.24, 2.45) is 4.99 Å². The number of nitrogens with one attached hydrogen (secondary N) is 3. The Bertz CT molecular complexity index is 512. The largest absolute Gasteiger partial charge is 0.385 e. The predicted octanol–water partition coefficient (Wildman–Crippen LogP) is 3.54. The summed E-state index contributed by atoms with van der Waals surface area (Å²) in [5.41, 5.74) is 1.33. The van der Waals surface area contributed by atoms with Crippen LogP contribution in [-0.2, 0) is 0 Å². The van der Waals surface area contributed by atoms with Gasteiger partial charge < -0.3 is 16.0 Å². The fourth-order valence-corrected chi connectivity index (χ4v) is 3.22. The molecule has 0 spiro atoms. The van der Waals surface area contributed by atoms with Gasteiger partial charge in [-0.1, -0.05) is 24.6 Å². The number of piperidine rings is 1. The lowest BCUT2D eigenvalue weighted by atomic mass is 9.98. The summed E-state index contributed by atoms with van der Waals surface area (Å²) in [6.07, 6.45) is 5.07. The van der Waals surface area contributed by atoms with Gasteiger partial charge >= 0.3 is 0 Å². The average Bonchev–Trinajstić information content (AvgIpc) is 2.65. The summed E-state index contributed by atoms with van der Waals surface area (Å²) in [6.45, 7) is 9.84. The quantitative estimate of drug-likeness (QED) is 0.234. The molecule has 1 saturated heterocycles. The number of likely N-dealkylation sites (tertiary alicyclic amines) is 1. The number of anilines is 1. The molecule has 1 aromatic carbocycles. The van der Waals surface area contributed by atoms with Crippen molar-refractivity contribution >= 4 is 35.6 Å². The molecular weight excluding hydrogens is 437 g/mol. The lowest BCUT2D eigenvalue weighted by Gasteiger charge is -2.41. The second kappa shape index (κ2) is 12.4. The van der Waals surface area contributed by atoms with Crippen molar-refractivity contribution in [2.45, 2.75) is 45.1 Å². The van der Waals surface area contributed by atoms with Gasteiger partial charge in [-0.25, -0.2) is 0 Å². The Morgan fingerprint density at radius 1 is 1.04 bits per heavy atom. The number of hydrogen-bond donors (Lipinski definition) is 3. The SMILES string of the molecule is CN=C(NCCCNc1ccccc1)NCC(C)(C)N1CCCCC1.I. The zero-order valence-corrected chi connectivity index (χ0v) is 18.9. The molecule has 148 valence electrons. The first-order chi connectivity index (χ1) is 12.1. The highest BCUT2D eigenvalue weighted by molar-refractivity contribution is 14.0. The molecule has 2 rings (SSSR count). The van der Waals surface area contributed by atoms with Crippen LogP contribution in [0.25, 0.3) is 0 Å². The summed E-state index contributed by atoms with van der Waals surface area (Å²) in [7, 11) is 1.84. The maximum Gasteiger partial charge on any atom is 0.191 e. The summed E-state index contributed by atoms with van der Waals surface area (Å²) in [5, 5.41) is 10.3. The third-order valence-electron chi connectivity index (χ3n) is 4.87. The first-order valence-electron chi connectivity index (χ1n) is 9.60. The molecule has 0 amide bonds. The van der Waals surface area contributed by atoms with Crippen molar-refractivity contribution in [2.75, 3.05) is 45.1 Å². The molecule has 5 nitrogen and oxygen atoms in total. The molecule has 1 aliphatic rings. The molecule has 0 bridgehead atoms. The number of halogens is 1. The van der Waals surface area contributed by atoms with Gasteiger partial charge in [0.25, 0.3) is 0 Å². The molecule has 0 aliphatic carbocycles. The van der Waals surface area contributed by atoms with Gasteiger partial charge in [-0.05, 0) is 58.3 Å². The number of rotatable bonds is 8. The number of nitrogens with zero attached hydrogens (tertiary/aromatic N) is 2. The van der Waals surface area contributed by atoms with Crippen LogP contribution in [-0.4, -0.2) is 56.2 Å². The number of aliphatic imine (C=N–C) groups is 1. The highest BCUT2D eigenvalue weighted by Crippen LogP contribution is 2.19. The van der Waals surface area contributed by atoms with Crippen molar-refractivity contribution in [3.05, 3.63) is 30.3 Å². The zero-order chi connectivity index (χ0) is 18.0. The van der Waals surface area contributed by atoms with E-state index in [4.69, 9.17) is 0 Å². The van der Waals surface area contributed by atoms with Crippen molar-refractivity contribution in [1.29, 1.82) is 0 Å². The van der Waals surface area contributed by atoms with Crippen molar-refractivity contribution in [3.63, 3.8) is 0 Å². The minimum Gasteiger partial charge on any atom is -0.385 e. The van der Waals surface area contributed by atoms with Crippen LogP contribution < -0.4 is 16.0 Å². The molecule has 1 heterocycles. The number of hydrogen-bond acceptors (Lipinski definition) is 3. The second-order valence-corrected chi connectivity index (χ2v) is 7.36. The van der Waals surface area contributed by atoms with E-state index in [2.05, 4.69) is 64.0 Å². The van der Waals surface area contributed by atoms with Gasteiger partial charge in [-0.15, -0.1) is 24.0 Å². The van der Waals surface area contributed by atoms with Crippen LogP contribution in [0.4, 0.5) is 5.69 Å². The molecule has 0 saturated carbocycles. The topological polar surface area (TPSA) is 51.7 Å². The van der Waals surface area contributed by atoms with Crippen molar-refractivity contribution in [3.8, 4) is 0 Å². The minimum absolute atomic E-state index is 0. The molecule has 0 radical (unpaired) electrons. The van der Waals surface area contributed by atoms with Crippen LogP contribution in [0.3, 0.4) is 0 Å². The van der Waals surface area contributed by atoms with Crippen LogP contribution >= 0.6 is 24.0 Å². The summed E-state index contributed by atoms with van der Waals surface area (Å²) in [6, 6.07) is 10.3. The lowest BCUT2D eigenvalue weighted by molar-refractivity contribution is 0.0982. The van der Waals surface area contributed by atoms with Gasteiger partial charge in [-0.3, -0.25) is 9.89 Å². The van der Waals surface area contributed by atoms with E-state index in [9.17, 15) is 0 Å². The van der Waals surface area contributed by atoms with Gasteiger partial charge in [0.15, 0.2) is 5.96 Å². The molecule has 6 heteroatoms. The van der Waals surface area contributed by atoms with Gasteiger partial charge in [0.05, 0.1) is 0 Å². The Balaban J connectivity index is 0.00000338. The van der Waals surface area contributed by atoms with E-state index in [0.717, 1.165) is 32.0 Å². The van der Waals surface area contributed by atoms with Gasteiger partial charge in [0.2, 0.25) is 0 Å². The highest BCUT2D eigenvalue weighted by atomic mass is 127. The summed E-state index contributed by atoms with van der Waals surface area (Å²) < 4.78 is 0. The standard InChI is InChI=1S/C20H35N5.HI/c1-20(2,25-15-8-5-9-16-25)17-24-19(21-3)23-14-10-13-22-18-11-6-4-7-12-18;/h4,6-7,11-12,22H,5,8-10,13-17H2,1-3H3,(H2,21,23,24);1H. The van der Waals surface area contributed by atoms with Crippen LogP contribution in [0, 0.1) is 0 Å². The normalized spacial score (nSPS) is 15.9. The molecule has 0 aromatic heterocycles.